The highest BCUT2D eigenvalue weighted by atomic mass is 16.3. The molecule has 4 aromatic rings. The molecule has 0 amide bonds. The Morgan fingerprint density at radius 3 is 2.54 bits per heavy atom. The summed E-state index contributed by atoms with van der Waals surface area (Å²) in [5.41, 5.74) is 3.01. The van der Waals surface area contributed by atoms with Crippen molar-refractivity contribution in [3.8, 4) is 17.0 Å². The molecule has 1 aliphatic carbocycles. The van der Waals surface area contributed by atoms with Crippen LogP contribution in [0.4, 0.5) is 11.8 Å². The smallest absolute Gasteiger partial charge is 0.226 e. The highest BCUT2D eigenvalue weighted by molar-refractivity contribution is 5.84. The number of phenolic OH excluding ortho intramolecular Hbond substituents is 1. The topological polar surface area (TPSA) is 121 Å². The maximum absolute atomic E-state index is 10.1. The third-order valence-electron chi connectivity index (χ3n) is 6.28. The first-order valence-corrected chi connectivity index (χ1v) is 12.1. The number of hydrogen-bond acceptors (Lipinski definition) is 8. The minimum atomic E-state index is -0.891. The van der Waals surface area contributed by atoms with Crippen LogP contribution in [0.1, 0.15) is 51.1 Å². The van der Waals surface area contributed by atoms with E-state index in [-0.39, 0.29) is 5.75 Å². The lowest BCUT2D eigenvalue weighted by Crippen LogP contribution is -2.30. The average Bonchev–Trinajstić information content (AvgIpc) is 3.51. The Morgan fingerprint density at radius 1 is 1.03 bits per heavy atom. The summed E-state index contributed by atoms with van der Waals surface area (Å²) in [6, 6.07) is 11.4. The summed E-state index contributed by atoms with van der Waals surface area (Å²) in [6.07, 6.45) is 8.34. The van der Waals surface area contributed by atoms with Crippen LogP contribution >= 0.6 is 0 Å². The molecule has 35 heavy (non-hydrogen) atoms. The van der Waals surface area contributed by atoms with Gasteiger partial charge in [-0.25, -0.2) is 4.98 Å². The number of benzene rings is 1. The zero-order valence-electron chi connectivity index (χ0n) is 20.1. The van der Waals surface area contributed by atoms with E-state index in [1.807, 2.05) is 30.6 Å². The van der Waals surface area contributed by atoms with Gasteiger partial charge in [-0.05, 0) is 50.5 Å². The molecule has 0 saturated heterocycles. The highest BCUT2D eigenvalue weighted by Crippen LogP contribution is 2.33. The number of aromatic nitrogens is 5. The monoisotopic (exact) mass is 473 g/mol. The third-order valence-corrected chi connectivity index (χ3v) is 6.28. The maximum Gasteiger partial charge on any atom is 0.226 e. The first-order chi connectivity index (χ1) is 16.9. The van der Waals surface area contributed by atoms with Gasteiger partial charge in [0.25, 0.3) is 0 Å². The second-order valence-corrected chi connectivity index (χ2v) is 9.75. The number of rotatable bonds is 8. The Hall–Kier alpha value is -3.72. The molecule has 1 saturated carbocycles. The minimum absolute atomic E-state index is 0.207. The molecule has 0 spiro atoms. The van der Waals surface area contributed by atoms with Crippen LogP contribution in [0.15, 0.2) is 48.9 Å². The van der Waals surface area contributed by atoms with E-state index >= 15 is 0 Å². The molecule has 0 unspecified atom stereocenters. The zero-order chi connectivity index (χ0) is 24.4. The molecule has 9 nitrogen and oxygen atoms in total. The van der Waals surface area contributed by atoms with Crippen LogP contribution in [-0.2, 0) is 6.54 Å². The van der Waals surface area contributed by atoms with Gasteiger partial charge in [-0.2, -0.15) is 9.97 Å². The van der Waals surface area contributed by atoms with Crippen molar-refractivity contribution in [1.29, 1.82) is 0 Å². The highest BCUT2D eigenvalue weighted by Gasteiger charge is 2.22. The normalized spacial score (nSPS) is 14.5. The van der Waals surface area contributed by atoms with E-state index in [1.165, 1.54) is 12.8 Å². The number of anilines is 2. The molecule has 5 rings (SSSR count). The van der Waals surface area contributed by atoms with Gasteiger partial charge in [0, 0.05) is 30.9 Å². The van der Waals surface area contributed by atoms with Gasteiger partial charge in [0.05, 0.1) is 17.6 Å². The molecular weight excluding hydrogens is 442 g/mol. The van der Waals surface area contributed by atoms with Crippen molar-refractivity contribution in [2.24, 2.45) is 0 Å². The largest absolute Gasteiger partial charge is 0.507 e. The summed E-state index contributed by atoms with van der Waals surface area (Å²) in [4.78, 5) is 18.6. The standard InChI is InChI=1S/C26H31N7O2/c1-26(2,35)15-29-25-31-23(22-24(32-25)33(16-30-22)18-7-3-4-8-18)28-14-17-11-12-20(27-13-17)19-9-5-6-10-21(19)34/h5-6,9-13,16,18,34-35H,3-4,7-8,14-15H2,1-2H3,(H2,28,29,31,32). The summed E-state index contributed by atoms with van der Waals surface area (Å²) in [5.74, 6) is 1.29. The van der Waals surface area contributed by atoms with Crippen LogP contribution in [0, 0.1) is 0 Å². The molecule has 0 aliphatic heterocycles. The lowest BCUT2D eigenvalue weighted by Gasteiger charge is -2.18. The van der Waals surface area contributed by atoms with Gasteiger partial charge in [0.1, 0.15) is 5.75 Å². The SMILES string of the molecule is CC(C)(O)CNc1nc(NCc2ccc(-c3ccccc3O)nc2)c2ncn(C3CCCC3)c2n1. The average molecular weight is 474 g/mol. The first-order valence-electron chi connectivity index (χ1n) is 12.1. The van der Waals surface area contributed by atoms with E-state index in [0.717, 1.165) is 29.6 Å². The summed E-state index contributed by atoms with van der Waals surface area (Å²) >= 11 is 0. The lowest BCUT2D eigenvalue weighted by atomic mass is 10.1. The van der Waals surface area contributed by atoms with Crippen LogP contribution in [0.2, 0.25) is 0 Å². The Morgan fingerprint density at radius 2 is 1.83 bits per heavy atom. The van der Waals surface area contributed by atoms with Crippen molar-refractivity contribution in [2.45, 2.75) is 57.7 Å². The number of nitrogens with zero attached hydrogens (tertiary/aromatic N) is 5. The number of aliphatic hydroxyl groups is 1. The molecule has 3 aromatic heterocycles. The van der Waals surface area contributed by atoms with E-state index in [4.69, 9.17) is 4.98 Å². The van der Waals surface area contributed by atoms with Gasteiger partial charge < -0.3 is 25.4 Å². The molecule has 0 bridgehead atoms. The molecule has 182 valence electrons. The molecule has 1 aromatic carbocycles. The van der Waals surface area contributed by atoms with Crippen LogP contribution < -0.4 is 10.6 Å². The molecular formula is C26H31N7O2. The number of para-hydroxylation sites is 1. The fourth-order valence-electron chi connectivity index (χ4n) is 4.43. The number of phenols is 1. The summed E-state index contributed by atoms with van der Waals surface area (Å²) in [7, 11) is 0. The molecule has 9 heteroatoms. The van der Waals surface area contributed by atoms with Gasteiger partial charge in [0.15, 0.2) is 17.0 Å². The predicted molar refractivity (Wildman–Crippen MR) is 136 cm³/mol. The van der Waals surface area contributed by atoms with Crippen molar-refractivity contribution in [1.82, 2.24) is 24.5 Å². The lowest BCUT2D eigenvalue weighted by molar-refractivity contribution is 0.0943. The number of fused-ring (bicyclic) bond motifs is 1. The Kier molecular flexibility index (Phi) is 6.25. The van der Waals surface area contributed by atoms with E-state index in [0.29, 0.717) is 42.2 Å². The Bertz CT molecular complexity index is 1310. The molecule has 0 atom stereocenters. The fourth-order valence-corrected chi connectivity index (χ4v) is 4.43. The third kappa shape index (κ3) is 5.19. The van der Waals surface area contributed by atoms with Gasteiger partial charge in [-0.1, -0.05) is 31.0 Å². The number of hydrogen-bond donors (Lipinski definition) is 4. The van der Waals surface area contributed by atoms with E-state index in [2.05, 4.69) is 30.2 Å². The molecule has 3 heterocycles. The number of nitrogens with one attached hydrogen (secondary N) is 2. The van der Waals surface area contributed by atoms with E-state index < -0.39 is 5.60 Å². The van der Waals surface area contributed by atoms with Crippen LogP contribution in [0.25, 0.3) is 22.4 Å². The first kappa shape index (κ1) is 23.0. The zero-order valence-corrected chi connectivity index (χ0v) is 20.1. The van der Waals surface area contributed by atoms with Crippen molar-refractivity contribution in [3.05, 3.63) is 54.5 Å². The summed E-state index contributed by atoms with van der Waals surface area (Å²) < 4.78 is 2.16. The predicted octanol–water partition coefficient (Wildman–Crippen LogP) is 4.50. The van der Waals surface area contributed by atoms with E-state index in [1.54, 1.807) is 32.2 Å². The number of imidazole rings is 1. The van der Waals surface area contributed by atoms with Crippen molar-refractivity contribution >= 4 is 22.9 Å². The van der Waals surface area contributed by atoms with Gasteiger partial charge in [0.2, 0.25) is 5.95 Å². The Balaban J connectivity index is 1.40. The fraction of sp³-hybridized carbons (Fsp3) is 0.385. The minimum Gasteiger partial charge on any atom is -0.507 e. The quantitative estimate of drug-likeness (QED) is 0.295. The number of pyridine rings is 1. The summed E-state index contributed by atoms with van der Waals surface area (Å²) in [6.45, 7) is 4.31. The van der Waals surface area contributed by atoms with Crippen LogP contribution in [0.3, 0.4) is 0 Å². The van der Waals surface area contributed by atoms with Gasteiger partial charge in [-0.15, -0.1) is 0 Å². The van der Waals surface area contributed by atoms with Crippen molar-refractivity contribution < 1.29 is 10.2 Å². The van der Waals surface area contributed by atoms with Gasteiger partial charge in [-0.3, -0.25) is 4.98 Å². The molecule has 1 fully saturated rings. The van der Waals surface area contributed by atoms with Crippen molar-refractivity contribution in [2.75, 3.05) is 17.2 Å². The number of aromatic hydroxyl groups is 1. The maximum atomic E-state index is 10.1. The summed E-state index contributed by atoms with van der Waals surface area (Å²) in [5, 5.41) is 26.8. The van der Waals surface area contributed by atoms with E-state index in [9.17, 15) is 10.2 Å². The van der Waals surface area contributed by atoms with Gasteiger partial charge >= 0.3 is 0 Å². The Labute approximate surface area is 204 Å². The second-order valence-electron chi connectivity index (χ2n) is 9.75. The van der Waals surface area contributed by atoms with Crippen LogP contribution in [-0.4, -0.2) is 46.9 Å². The molecule has 0 radical (unpaired) electrons. The van der Waals surface area contributed by atoms with Crippen molar-refractivity contribution in [3.63, 3.8) is 0 Å². The molecule has 1 aliphatic rings. The van der Waals surface area contributed by atoms with Crippen LogP contribution in [0.5, 0.6) is 5.75 Å². The second kappa shape index (κ2) is 9.50. The molecule has 4 N–H and O–H groups in total.